The molecule has 0 atom stereocenters. The molecule has 2 N–H and O–H groups in total. The largest absolute Gasteiger partial charge is 0.459 e. The average molecular weight is 355 g/mol. The SMILES string of the molecule is CC(C)N1CCC(NC(=O)c2ccc(NC(=O)c3ccco3)cc2)CC1. The molecule has 0 unspecified atom stereocenters. The third-order valence-electron chi connectivity index (χ3n) is 4.74. The molecule has 1 saturated heterocycles. The summed E-state index contributed by atoms with van der Waals surface area (Å²) < 4.78 is 5.06. The maximum absolute atomic E-state index is 12.4. The van der Waals surface area contributed by atoms with E-state index in [4.69, 9.17) is 4.42 Å². The molecule has 6 heteroatoms. The second kappa shape index (κ2) is 8.19. The zero-order valence-corrected chi connectivity index (χ0v) is 15.2. The van der Waals surface area contributed by atoms with Gasteiger partial charge in [-0.15, -0.1) is 0 Å². The molecule has 0 aliphatic carbocycles. The van der Waals surface area contributed by atoms with Gasteiger partial charge in [0.05, 0.1) is 6.26 Å². The first kappa shape index (κ1) is 18.2. The van der Waals surface area contributed by atoms with E-state index in [1.165, 1.54) is 6.26 Å². The number of rotatable bonds is 5. The second-order valence-electron chi connectivity index (χ2n) is 6.89. The Labute approximate surface area is 153 Å². The Bertz CT molecular complexity index is 730. The van der Waals surface area contributed by atoms with E-state index in [2.05, 4.69) is 29.4 Å². The first-order chi connectivity index (χ1) is 12.5. The molecule has 1 aliphatic heterocycles. The zero-order chi connectivity index (χ0) is 18.5. The van der Waals surface area contributed by atoms with Gasteiger partial charge in [-0.05, 0) is 63.1 Å². The fourth-order valence-electron chi connectivity index (χ4n) is 3.13. The van der Waals surface area contributed by atoms with Crippen LogP contribution >= 0.6 is 0 Å². The van der Waals surface area contributed by atoms with Gasteiger partial charge in [-0.1, -0.05) is 0 Å². The lowest BCUT2D eigenvalue weighted by Gasteiger charge is -2.34. The number of hydrogen-bond donors (Lipinski definition) is 2. The lowest BCUT2D eigenvalue weighted by atomic mass is 10.0. The molecule has 3 rings (SSSR count). The van der Waals surface area contributed by atoms with Crippen LogP contribution in [0.4, 0.5) is 5.69 Å². The summed E-state index contributed by atoms with van der Waals surface area (Å²) in [6.45, 7) is 6.43. The van der Waals surface area contributed by atoms with Crippen molar-refractivity contribution in [2.75, 3.05) is 18.4 Å². The highest BCUT2D eigenvalue weighted by molar-refractivity contribution is 6.02. The maximum atomic E-state index is 12.4. The molecule has 2 aromatic rings. The summed E-state index contributed by atoms with van der Waals surface area (Å²) in [5, 5.41) is 5.85. The lowest BCUT2D eigenvalue weighted by molar-refractivity contribution is 0.0900. The van der Waals surface area contributed by atoms with E-state index in [0.29, 0.717) is 17.3 Å². The van der Waals surface area contributed by atoms with E-state index in [-0.39, 0.29) is 23.6 Å². The third kappa shape index (κ3) is 4.52. The van der Waals surface area contributed by atoms with Crippen LogP contribution in [0, 0.1) is 0 Å². The fourth-order valence-corrected chi connectivity index (χ4v) is 3.13. The van der Waals surface area contributed by atoms with Gasteiger partial charge in [0, 0.05) is 36.4 Å². The Kier molecular flexibility index (Phi) is 5.73. The number of nitrogens with zero attached hydrogens (tertiary/aromatic N) is 1. The topological polar surface area (TPSA) is 74.6 Å². The summed E-state index contributed by atoms with van der Waals surface area (Å²) in [7, 11) is 0. The Morgan fingerprint density at radius 1 is 1.08 bits per heavy atom. The molecule has 26 heavy (non-hydrogen) atoms. The number of likely N-dealkylation sites (tertiary alicyclic amines) is 1. The highest BCUT2D eigenvalue weighted by Gasteiger charge is 2.22. The summed E-state index contributed by atoms with van der Waals surface area (Å²) in [4.78, 5) is 26.8. The predicted octanol–water partition coefficient (Wildman–Crippen LogP) is 3.13. The van der Waals surface area contributed by atoms with Gasteiger partial charge in [0.25, 0.3) is 11.8 Å². The van der Waals surface area contributed by atoms with Crippen LogP contribution in [0.3, 0.4) is 0 Å². The van der Waals surface area contributed by atoms with Crippen molar-refractivity contribution in [3.05, 3.63) is 54.0 Å². The van der Waals surface area contributed by atoms with Crippen molar-refractivity contribution in [1.82, 2.24) is 10.2 Å². The normalized spacial score (nSPS) is 15.8. The van der Waals surface area contributed by atoms with Crippen molar-refractivity contribution in [2.45, 2.75) is 38.8 Å². The van der Waals surface area contributed by atoms with Crippen molar-refractivity contribution < 1.29 is 14.0 Å². The monoisotopic (exact) mass is 355 g/mol. The molecule has 1 aliphatic rings. The van der Waals surface area contributed by atoms with E-state index in [1.54, 1.807) is 36.4 Å². The number of amides is 2. The molecule has 1 fully saturated rings. The number of piperidine rings is 1. The standard InChI is InChI=1S/C20H25N3O3/c1-14(2)23-11-9-17(10-12-23)21-19(24)15-5-7-16(8-6-15)22-20(25)18-4-3-13-26-18/h3-8,13-14,17H,9-12H2,1-2H3,(H,21,24)(H,22,25). The van der Waals surface area contributed by atoms with Crippen LogP contribution in [0.25, 0.3) is 0 Å². The Hall–Kier alpha value is -2.60. The maximum Gasteiger partial charge on any atom is 0.291 e. The number of furan rings is 1. The van der Waals surface area contributed by atoms with Crippen LogP contribution < -0.4 is 10.6 Å². The van der Waals surface area contributed by atoms with Crippen molar-refractivity contribution >= 4 is 17.5 Å². The van der Waals surface area contributed by atoms with Gasteiger partial charge in [-0.25, -0.2) is 0 Å². The molecular formula is C20H25N3O3. The molecule has 1 aromatic heterocycles. The highest BCUT2D eigenvalue weighted by atomic mass is 16.3. The molecule has 2 amide bonds. The van der Waals surface area contributed by atoms with Gasteiger partial charge in [0.2, 0.25) is 0 Å². The highest BCUT2D eigenvalue weighted by Crippen LogP contribution is 2.15. The smallest absolute Gasteiger partial charge is 0.291 e. The molecule has 138 valence electrons. The first-order valence-corrected chi connectivity index (χ1v) is 9.03. The van der Waals surface area contributed by atoms with Gasteiger partial charge in [-0.2, -0.15) is 0 Å². The molecule has 1 aromatic carbocycles. The summed E-state index contributed by atoms with van der Waals surface area (Å²) in [6, 6.07) is 10.9. The minimum absolute atomic E-state index is 0.0723. The molecule has 2 heterocycles. The number of anilines is 1. The van der Waals surface area contributed by atoms with E-state index >= 15 is 0 Å². The third-order valence-corrected chi connectivity index (χ3v) is 4.74. The summed E-state index contributed by atoms with van der Waals surface area (Å²) >= 11 is 0. The zero-order valence-electron chi connectivity index (χ0n) is 15.2. The van der Waals surface area contributed by atoms with Crippen LogP contribution in [-0.2, 0) is 0 Å². The van der Waals surface area contributed by atoms with E-state index in [0.717, 1.165) is 25.9 Å². The molecule has 0 saturated carbocycles. The van der Waals surface area contributed by atoms with Gasteiger partial charge < -0.3 is 20.0 Å². The first-order valence-electron chi connectivity index (χ1n) is 9.03. The molecule has 0 bridgehead atoms. The van der Waals surface area contributed by atoms with Gasteiger partial charge in [-0.3, -0.25) is 9.59 Å². The number of benzene rings is 1. The number of hydrogen-bond acceptors (Lipinski definition) is 4. The molecule has 6 nitrogen and oxygen atoms in total. The van der Waals surface area contributed by atoms with Crippen molar-refractivity contribution in [3.63, 3.8) is 0 Å². The number of carbonyl (C=O) groups excluding carboxylic acids is 2. The minimum atomic E-state index is -0.316. The van der Waals surface area contributed by atoms with Crippen molar-refractivity contribution in [1.29, 1.82) is 0 Å². The fraction of sp³-hybridized carbons (Fsp3) is 0.400. The van der Waals surface area contributed by atoms with E-state index in [1.807, 2.05) is 0 Å². The molecular weight excluding hydrogens is 330 g/mol. The number of carbonyl (C=O) groups is 2. The van der Waals surface area contributed by atoms with Crippen molar-refractivity contribution in [3.8, 4) is 0 Å². The van der Waals surface area contributed by atoms with E-state index < -0.39 is 0 Å². The number of nitrogens with one attached hydrogen (secondary N) is 2. The lowest BCUT2D eigenvalue weighted by Crippen LogP contribution is -2.46. The Balaban J connectivity index is 1.52. The minimum Gasteiger partial charge on any atom is -0.459 e. The second-order valence-corrected chi connectivity index (χ2v) is 6.89. The van der Waals surface area contributed by atoms with Crippen LogP contribution in [0.15, 0.2) is 47.1 Å². The van der Waals surface area contributed by atoms with Crippen LogP contribution in [0.2, 0.25) is 0 Å². The van der Waals surface area contributed by atoms with Gasteiger partial charge >= 0.3 is 0 Å². The van der Waals surface area contributed by atoms with Crippen LogP contribution in [0.5, 0.6) is 0 Å². The quantitative estimate of drug-likeness (QED) is 0.864. The Morgan fingerprint density at radius 3 is 2.35 bits per heavy atom. The van der Waals surface area contributed by atoms with E-state index in [9.17, 15) is 9.59 Å². The van der Waals surface area contributed by atoms with Gasteiger partial charge in [0.15, 0.2) is 5.76 Å². The molecule has 0 radical (unpaired) electrons. The average Bonchev–Trinajstić information content (AvgIpc) is 3.17. The summed E-state index contributed by atoms with van der Waals surface area (Å²) in [5.41, 5.74) is 1.21. The Morgan fingerprint density at radius 2 is 1.77 bits per heavy atom. The molecule has 0 spiro atoms. The van der Waals surface area contributed by atoms with Crippen LogP contribution in [0.1, 0.15) is 47.6 Å². The summed E-state index contributed by atoms with van der Waals surface area (Å²) in [6.07, 6.45) is 3.40. The summed E-state index contributed by atoms with van der Waals surface area (Å²) in [5.74, 6) is -0.138. The van der Waals surface area contributed by atoms with Gasteiger partial charge in [0.1, 0.15) is 0 Å². The van der Waals surface area contributed by atoms with Crippen LogP contribution in [-0.4, -0.2) is 41.9 Å². The van der Waals surface area contributed by atoms with Crippen molar-refractivity contribution in [2.24, 2.45) is 0 Å². The predicted molar refractivity (Wildman–Crippen MR) is 100 cm³/mol.